The summed E-state index contributed by atoms with van der Waals surface area (Å²) in [6.07, 6.45) is 4.75. The van der Waals surface area contributed by atoms with Crippen molar-refractivity contribution in [1.29, 1.82) is 0 Å². The number of pyridine rings is 1. The molecule has 5 nitrogen and oxygen atoms in total. The van der Waals surface area contributed by atoms with Gasteiger partial charge in [-0.3, -0.25) is 4.79 Å². The molecule has 0 aliphatic carbocycles. The van der Waals surface area contributed by atoms with Gasteiger partial charge < -0.3 is 15.5 Å². The number of nitrogens with zero attached hydrogens (tertiary/aromatic N) is 2. The van der Waals surface area contributed by atoms with Crippen LogP contribution in [0.3, 0.4) is 0 Å². The predicted molar refractivity (Wildman–Crippen MR) is 83.1 cm³/mol. The molecule has 0 atom stereocenters. The Bertz CT molecular complexity index is 389. The summed E-state index contributed by atoms with van der Waals surface area (Å²) in [5.74, 6) is 0.763. The highest BCUT2D eigenvalue weighted by Crippen LogP contribution is 2.05. The van der Waals surface area contributed by atoms with E-state index < -0.39 is 0 Å². The van der Waals surface area contributed by atoms with E-state index in [1.54, 1.807) is 12.3 Å². The maximum Gasteiger partial charge on any atom is 0.252 e. The number of carbonyl (C=O) groups excluding carboxylic acids is 1. The zero-order chi connectivity index (χ0) is 14.8. The Labute approximate surface area is 121 Å². The molecule has 0 saturated heterocycles. The van der Waals surface area contributed by atoms with Crippen LogP contribution in [0.25, 0.3) is 0 Å². The molecule has 0 spiro atoms. The molecule has 1 heterocycles. The Balaban J connectivity index is 2.29. The van der Waals surface area contributed by atoms with Crippen LogP contribution in [0.15, 0.2) is 18.3 Å². The summed E-state index contributed by atoms with van der Waals surface area (Å²) in [5, 5.41) is 6.10. The molecule has 0 saturated carbocycles. The van der Waals surface area contributed by atoms with Crippen molar-refractivity contribution in [1.82, 2.24) is 15.2 Å². The van der Waals surface area contributed by atoms with Crippen LogP contribution < -0.4 is 10.6 Å². The van der Waals surface area contributed by atoms with E-state index in [0.29, 0.717) is 12.1 Å². The topological polar surface area (TPSA) is 57.3 Å². The van der Waals surface area contributed by atoms with Crippen molar-refractivity contribution in [3.8, 4) is 0 Å². The smallest absolute Gasteiger partial charge is 0.252 e. The molecule has 0 fully saturated rings. The highest BCUT2D eigenvalue weighted by Gasteiger charge is 2.05. The average Bonchev–Trinajstić information content (AvgIpc) is 2.44. The highest BCUT2D eigenvalue weighted by atomic mass is 16.1. The van der Waals surface area contributed by atoms with E-state index in [-0.39, 0.29) is 5.91 Å². The minimum atomic E-state index is -0.0515. The van der Waals surface area contributed by atoms with E-state index in [2.05, 4.69) is 41.5 Å². The standard InChI is InChI=1S/C15H26N4O/c1-4-9-16-14-8-7-13(12-18-14)15(20)17-10-5-6-11-19(2)3/h7-8,12H,4-6,9-11H2,1-3H3,(H,16,18)(H,17,20). The van der Waals surface area contributed by atoms with Gasteiger partial charge in [0, 0.05) is 19.3 Å². The quantitative estimate of drug-likeness (QED) is 0.678. The van der Waals surface area contributed by atoms with Crippen molar-refractivity contribution in [2.75, 3.05) is 39.0 Å². The van der Waals surface area contributed by atoms with Gasteiger partial charge in [-0.1, -0.05) is 6.92 Å². The van der Waals surface area contributed by atoms with Crippen molar-refractivity contribution < 1.29 is 4.79 Å². The van der Waals surface area contributed by atoms with Gasteiger partial charge in [0.05, 0.1) is 5.56 Å². The summed E-state index contributed by atoms with van der Waals surface area (Å²) in [6.45, 7) is 4.76. The first-order chi connectivity index (χ1) is 9.63. The number of unbranched alkanes of at least 4 members (excludes halogenated alkanes) is 1. The Hall–Kier alpha value is -1.62. The number of aromatic nitrogens is 1. The second-order valence-corrected chi connectivity index (χ2v) is 5.13. The molecule has 20 heavy (non-hydrogen) atoms. The number of nitrogens with one attached hydrogen (secondary N) is 2. The molecule has 0 unspecified atom stereocenters. The Morgan fingerprint density at radius 1 is 1.25 bits per heavy atom. The van der Waals surface area contributed by atoms with Crippen LogP contribution in [-0.2, 0) is 0 Å². The third kappa shape index (κ3) is 6.52. The normalized spacial score (nSPS) is 10.6. The average molecular weight is 278 g/mol. The van der Waals surface area contributed by atoms with E-state index in [4.69, 9.17) is 0 Å². The summed E-state index contributed by atoms with van der Waals surface area (Å²) in [6, 6.07) is 3.65. The Morgan fingerprint density at radius 3 is 2.65 bits per heavy atom. The van der Waals surface area contributed by atoms with Gasteiger partial charge in [-0.05, 0) is 52.0 Å². The van der Waals surface area contributed by atoms with Crippen LogP contribution in [0.5, 0.6) is 0 Å². The number of anilines is 1. The van der Waals surface area contributed by atoms with Crippen molar-refractivity contribution in [2.24, 2.45) is 0 Å². The molecule has 0 aromatic carbocycles. The summed E-state index contributed by atoms with van der Waals surface area (Å²) in [4.78, 5) is 18.3. The maximum absolute atomic E-state index is 11.9. The molecule has 1 amide bonds. The third-order valence-electron chi connectivity index (χ3n) is 2.90. The predicted octanol–water partition coefficient (Wildman–Crippen LogP) is 1.98. The second-order valence-electron chi connectivity index (χ2n) is 5.13. The lowest BCUT2D eigenvalue weighted by Gasteiger charge is -2.09. The second kappa shape index (κ2) is 9.31. The van der Waals surface area contributed by atoms with Crippen molar-refractivity contribution in [2.45, 2.75) is 26.2 Å². The lowest BCUT2D eigenvalue weighted by atomic mass is 10.2. The fraction of sp³-hybridized carbons (Fsp3) is 0.600. The van der Waals surface area contributed by atoms with E-state index in [9.17, 15) is 4.79 Å². The molecule has 0 bridgehead atoms. The maximum atomic E-state index is 11.9. The largest absolute Gasteiger partial charge is 0.370 e. The highest BCUT2D eigenvalue weighted by molar-refractivity contribution is 5.93. The number of hydrogen-bond donors (Lipinski definition) is 2. The van der Waals surface area contributed by atoms with Gasteiger partial charge in [0.1, 0.15) is 5.82 Å². The lowest BCUT2D eigenvalue weighted by Crippen LogP contribution is -2.25. The Morgan fingerprint density at radius 2 is 2.05 bits per heavy atom. The van der Waals surface area contributed by atoms with Gasteiger partial charge in [0.25, 0.3) is 5.91 Å². The number of rotatable bonds is 9. The van der Waals surface area contributed by atoms with E-state index in [1.807, 2.05) is 6.07 Å². The Kier molecular flexibility index (Phi) is 7.65. The summed E-state index contributed by atoms with van der Waals surface area (Å²) >= 11 is 0. The van der Waals surface area contributed by atoms with Gasteiger partial charge in [-0.15, -0.1) is 0 Å². The molecule has 5 heteroatoms. The zero-order valence-corrected chi connectivity index (χ0v) is 12.8. The molecule has 0 aliphatic rings. The molecular formula is C15H26N4O. The van der Waals surface area contributed by atoms with Gasteiger partial charge in [0.2, 0.25) is 0 Å². The fourth-order valence-corrected chi connectivity index (χ4v) is 1.74. The van der Waals surface area contributed by atoms with E-state index in [1.165, 1.54) is 0 Å². The number of amides is 1. The summed E-state index contributed by atoms with van der Waals surface area (Å²) < 4.78 is 0. The first kappa shape index (κ1) is 16.4. The minimum Gasteiger partial charge on any atom is -0.370 e. The molecule has 112 valence electrons. The van der Waals surface area contributed by atoms with Gasteiger partial charge >= 0.3 is 0 Å². The molecule has 0 aliphatic heterocycles. The third-order valence-corrected chi connectivity index (χ3v) is 2.90. The number of carbonyl (C=O) groups is 1. The summed E-state index contributed by atoms with van der Waals surface area (Å²) in [5.41, 5.74) is 0.611. The van der Waals surface area contributed by atoms with Crippen LogP contribution in [0.2, 0.25) is 0 Å². The van der Waals surface area contributed by atoms with Crippen molar-refractivity contribution >= 4 is 11.7 Å². The first-order valence-electron chi connectivity index (χ1n) is 7.26. The molecular weight excluding hydrogens is 252 g/mol. The van der Waals surface area contributed by atoms with Crippen LogP contribution in [0.4, 0.5) is 5.82 Å². The lowest BCUT2D eigenvalue weighted by molar-refractivity contribution is 0.0952. The van der Waals surface area contributed by atoms with Crippen LogP contribution in [0.1, 0.15) is 36.5 Å². The van der Waals surface area contributed by atoms with Crippen LogP contribution in [0, 0.1) is 0 Å². The van der Waals surface area contributed by atoms with E-state index in [0.717, 1.165) is 38.2 Å². The molecule has 1 aromatic rings. The molecule has 2 N–H and O–H groups in total. The molecule has 0 radical (unpaired) electrons. The monoisotopic (exact) mass is 278 g/mol. The minimum absolute atomic E-state index is 0.0515. The van der Waals surface area contributed by atoms with Crippen LogP contribution >= 0.6 is 0 Å². The van der Waals surface area contributed by atoms with Crippen LogP contribution in [-0.4, -0.2) is 49.5 Å². The van der Waals surface area contributed by atoms with Gasteiger partial charge in [0.15, 0.2) is 0 Å². The first-order valence-corrected chi connectivity index (χ1v) is 7.26. The zero-order valence-electron chi connectivity index (χ0n) is 12.8. The SMILES string of the molecule is CCCNc1ccc(C(=O)NCCCCN(C)C)cn1. The fourth-order valence-electron chi connectivity index (χ4n) is 1.74. The van der Waals surface area contributed by atoms with Gasteiger partial charge in [-0.2, -0.15) is 0 Å². The van der Waals surface area contributed by atoms with Crippen molar-refractivity contribution in [3.05, 3.63) is 23.9 Å². The van der Waals surface area contributed by atoms with E-state index >= 15 is 0 Å². The van der Waals surface area contributed by atoms with Crippen molar-refractivity contribution in [3.63, 3.8) is 0 Å². The molecule has 1 aromatic heterocycles. The molecule has 1 rings (SSSR count). The van der Waals surface area contributed by atoms with Gasteiger partial charge in [-0.25, -0.2) is 4.98 Å². The summed E-state index contributed by atoms with van der Waals surface area (Å²) in [7, 11) is 4.11. The number of hydrogen-bond acceptors (Lipinski definition) is 4.